The minimum absolute atomic E-state index is 0.196. The summed E-state index contributed by atoms with van der Waals surface area (Å²) in [5.41, 5.74) is 0.314. The molecule has 1 amide bonds. The lowest BCUT2D eigenvalue weighted by atomic mass is 10.2. The third kappa shape index (κ3) is 3.92. The van der Waals surface area contributed by atoms with E-state index >= 15 is 0 Å². The molecule has 0 radical (unpaired) electrons. The van der Waals surface area contributed by atoms with Gasteiger partial charge in [-0.1, -0.05) is 23.7 Å². The summed E-state index contributed by atoms with van der Waals surface area (Å²) < 4.78 is 5.21. The van der Waals surface area contributed by atoms with Gasteiger partial charge in [0.1, 0.15) is 5.75 Å². The molecule has 0 saturated heterocycles. The van der Waals surface area contributed by atoms with Crippen LogP contribution in [0.4, 0.5) is 0 Å². The zero-order valence-corrected chi connectivity index (χ0v) is 9.87. The first kappa shape index (κ1) is 13.3. The first-order valence-electron chi connectivity index (χ1n) is 4.93. The zero-order valence-electron chi connectivity index (χ0n) is 9.11. The number of hydrogen-bond donors (Lipinski definition) is 1. The Balaban J connectivity index is 2.65. The van der Waals surface area contributed by atoms with Crippen molar-refractivity contribution < 1.29 is 14.3 Å². The molecule has 0 aliphatic heterocycles. The molecule has 0 fully saturated rings. The molecule has 1 aromatic rings. The van der Waals surface area contributed by atoms with Crippen LogP contribution in [-0.2, 0) is 4.79 Å². The van der Waals surface area contributed by atoms with E-state index in [1.54, 1.807) is 24.3 Å². The van der Waals surface area contributed by atoms with Crippen LogP contribution < -0.4 is 10.1 Å². The molecule has 90 valence electrons. The number of ether oxygens (including phenoxy) is 1. The van der Waals surface area contributed by atoms with E-state index in [1.807, 2.05) is 0 Å². The van der Waals surface area contributed by atoms with Crippen LogP contribution in [0.3, 0.4) is 0 Å². The smallest absolute Gasteiger partial charge is 0.258 e. The molecule has 5 heteroatoms. The molecule has 0 unspecified atom stereocenters. The van der Waals surface area contributed by atoms with Crippen molar-refractivity contribution >= 4 is 23.8 Å². The monoisotopic (exact) mass is 253 g/mol. The van der Waals surface area contributed by atoms with Gasteiger partial charge in [-0.3, -0.25) is 9.59 Å². The summed E-state index contributed by atoms with van der Waals surface area (Å²) in [7, 11) is 0. The standard InChI is InChI=1S/C12H12ClNO3/c1-2-6-14-11(16)8-17-12-9(7-15)4-3-5-10(12)13/h2-5,7H,1,6,8H2,(H,14,16). The lowest BCUT2D eigenvalue weighted by Gasteiger charge is -2.09. The van der Waals surface area contributed by atoms with E-state index in [4.69, 9.17) is 16.3 Å². The lowest BCUT2D eigenvalue weighted by Crippen LogP contribution is -2.29. The van der Waals surface area contributed by atoms with Crippen molar-refractivity contribution in [2.24, 2.45) is 0 Å². The molecule has 17 heavy (non-hydrogen) atoms. The van der Waals surface area contributed by atoms with Gasteiger partial charge in [-0.05, 0) is 12.1 Å². The molecule has 0 aromatic heterocycles. The van der Waals surface area contributed by atoms with E-state index in [9.17, 15) is 9.59 Å². The Kier molecular flexibility index (Phi) is 5.23. The van der Waals surface area contributed by atoms with Crippen LogP contribution >= 0.6 is 11.6 Å². The number of para-hydroxylation sites is 1. The van der Waals surface area contributed by atoms with Crippen molar-refractivity contribution in [2.75, 3.05) is 13.2 Å². The Hall–Kier alpha value is -1.81. The quantitative estimate of drug-likeness (QED) is 0.622. The number of halogens is 1. The molecule has 4 nitrogen and oxygen atoms in total. The van der Waals surface area contributed by atoms with E-state index in [-0.39, 0.29) is 18.3 Å². The highest BCUT2D eigenvalue weighted by molar-refractivity contribution is 6.32. The topological polar surface area (TPSA) is 55.4 Å². The van der Waals surface area contributed by atoms with Gasteiger partial charge in [-0.2, -0.15) is 0 Å². The molecule has 0 bridgehead atoms. The third-order valence-electron chi connectivity index (χ3n) is 1.92. The van der Waals surface area contributed by atoms with Gasteiger partial charge in [0.15, 0.2) is 12.9 Å². The number of carbonyl (C=O) groups excluding carboxylic acids is 2. The molecular formula is C12H12ClNO3. The predicted octanol–water partition coefficient (Wildman–Crippen LogP) is 1.83. The van der Waals surface area contributed by atoms with Gasteiger partial charge in [-0.25, -0.2) is 0 Å². The second kappa shape index (κ2) is 6.70. The highest BCUT2D eigenvalue weighted by Crippen LogP contribution is 2.27. The maximum absolute atomic E-state index is 11.3. The number of aldehydes is 1. The molecular weight excluding hydrogens is 242 g/mol. The van der Waals surface area contributed by atoms with Crippen LogP contribution in [0.2, 0.25) is 5.02 Å². The molecule has 0 aliphatic rings. The fourth-order valence-corrected chi connectivity index (χ4v) is 1.38. The fraction of sp³-hybridized carbons (Fsp3) is 0.167. The van der Waals surface area contributed by atoms with Crippen LogP contribution in [0.1, 0.15) is 10.4 Å². The first-order chi connectivity index (χ1) is 8.19. The molecule has 1 rings (SSSR count). The summed E-state index contributed by atoms with van der Waals surface area (Å²) in [5, 5.41) is 2.84. The summed E-state index contributed by atoms with van der Waals surface area (Å²) in [4.78, 5) is 22.0. The zero-order chi connectivity index (χ0) is 12.7. The Labute approximate surface area is 104 Å². The van der Waals surface area contributed by atoms with Gasteiger partial charge in [0.05, 0.1) is 10.6 Å². The third-order valence-corrected chi connectivity index (χ3v) is 2.21. The molecule has 0 saturated carbocycles. The largest absolute Gasteiger partial charge is 0.481 e. The van der Waals surface area contributed by atoms with E-state index in [1.165, 1.54) is 0 Å². The van der Waals surface area contributed by atoms with Gasteiger partial charge >= 0.3 is 0 Å². The average Bonchev–Trinajstić information content (AvgIpc) is 2.34. The normalized spacial score (nSPS) is 9.47. The summed E-state index contributed by atoms with van der Waals surface area (Å²) in [5.74, 6) is -0.0837. The number of rotatable bonds is 6. The van der Waals surface area contributed by atoms with Crippen molar-refractivity contribution in [1.82, 2.24) is 5.32 Å². The maximum Gasteiger partial charge on any atom is 0.258 e. The van der Waals surface area contributed by atoms with E-state index in [0.29, 0.717) is 23.4 Å². The summed E-state index contributed by atoms with van der Waals surface area (Å²) in [6, 6.07) is 4.79. The minimum Gasteiger partial charge on any atom is -0.481 e. The van der Waals surface area contributed by atoms with Crippen LogP contribution in [0.5, 0.6) is 5.75 Å². The summed E-state index contributed by atoms with van der Waals surface area (Å²) in [6.07, 6.45) is 2.19. The Morgan fingerprint density at radius 1 is 1.53 bits per heavy atom. The second-order valence-corrected chi connectivity index (χ2v) is 3.56. The lowest BCUT2D eigenvalue weighted by molar-refractivity contribution is -0.122. The number of nitrogens with one attached hydrogen (secondary N) is 1. The van der Waals surface area contributed by atoms with Gasteiger partial charge in [-0.15, -0.1) is 6.58 Å². The maximum atomic E-state index is 11.3. The van der Waals surface area contributed by atoms with Gasteiger partial charge < -0.3 is 10.1 Å². The number of benzene rings is 1. The molecule has 1 aromatic carbocycles. The van der Waals surface area contributed by atoms with Crippen molar-refractivity contribution in [1.29, 1.82) is 0 Å². The molecule has 1 N–H and O–H groups in total. The number of hydrogen-bond acceptors (Lipinski definition) is 3. The highest BCUT2D eigenvalue weighted by atomic mass is 35.5. The van der Waals surface area contributed by atoms with Crippen molar-refractivity contribution in [2.45, 2.75) is 0 Å². The van der Waals surface area contributed by atoms with Crippen LogP contribution in [0.25, 0.3) is 0 Å². The highest BCUT2D eigenvalue weighted by Gasteiger charge is 2.09. The average molecular weight is 254 g/mol. The summed E-state index contributed by atoms with van der Waals surface area (Å²) in [6.45, 7) is 3.64. The van der Waals surface area contributed by atoms with Crippen molar-refractivity contribution in [3.8, 4) is 5.75 Å². The van der Waals surface area contributed by atoms with Crippen LogP contribution in [0.15, 0.2) is 30.9 Å². The predicted molar refractivity (Wildman–Crippen MR) is 65.5 cm³/mol. The van der Waals surface area contributed by atoms with E-state index in [0.717, 1.165) is 0 Å². The van der Waals surface area contributed by atoms with Gasteiger partial charge in [0, 0.05) is 6.54 Å². The van der Waals surface area contributed by atoms with E-state index < -0.39 is 0 Å². The van der Waals surface area contributed by atoms with Crippen LogP contribution in [-0.4, -0.2) is 25.3 Å². The number of amides is 1. The van der Waals surface area contributed by atoms with Crippen LogP contribution in [0, 0.1) is 0 Å². The Morgan fingerprint density at radius 3 is 2.94 bits per heavy atom. The van der Waals surface area contributed by atoms with Gasteiger partial charge in [0.25, 0.3) is 5.91 Å². The van der Waals surface area contributed by atoms with E-state index in [2.05, 4.69) is 11.9 Å². The molecule has 0 atom stereocenters. The Bertz CT molecular complexity index is 432. The van der Waals surface area contributed by atoms with Gasteiger partial charge in [0.2, 0.25) is 0 Å². The Morgan fingerprint density at radius 2 is 2.29 bits per heavy atom. The molecule has 0 spiro atoms. The fourth-order valence-electron chi connectivity index (χ4n) is 1.15. The van der Waals surface area contributed by atoms with Crippen molar-refractivity contribution in [3.63, 3.8) is 0 Å². The molecule has 0 aliphatic carbocycles. The van der Waals surface area contributed by atoms with Crippen molar-refractivity contribution in [3.05, 3.63) is 41.4 Å². The SMILES string of the molecule is C=CCNC(=O)COc1c(Cl)cccc1C=O. The minimum atomic E-state index is -0.304. The second-order valence-electron chi connectivity index (χ2n) is 3.16. The summed E-state index contributed by atoms with van der Waals surface area (Å²) >= 11 is 5.86. The number of carbonyl (C=O) groups is 2. The first-order valence-corrected chi connectivity index (χ1v) is 5.31. The molecule has 0 heterocycles.